The van der Waals surface area contributed by atoms with Gasteiger partial charge in [-0.15, -0.1) is 0 Å². The molecule has 54 valence electrons. The monoisotopic (exact) mass is 130 g/mol. The fraction of sp³-hybridized carbons (Fsp3) is 0.857. The van der Waals surface area contributed by atoms with Crippen LogP contribution in [0.4, 0.5) is 0 Å². The Morgan fingerprint density at radius 2 is 2.11 bits per heavy atom. The van der Waals surface area contributed by atoms with Crippen LogP contribution in [-0.2, 0) is 9.53 Å². The van der Waals surface area contributed by atoms with Crippen LogP contribution in [0.15, 0.2) is 0 Å². The quantitative estimate of drug-likeness (QED) is 0.535. The standard InChI is InChI=1S/C7H14O2/c1-6(2)4-7(5-8)9-3/h5-7H,4H2,1-3H3. The molecule has 9 heavy (non-hydrogen) atoms. The lowest BCUT2D eigenvalue weighted by Crippen LogP contribution is -2.14. The van der Waals surface area contributed by atoms with Gasteiger partial charge < -0.3 is 9.53 Å². The summed E-state index contributed by atoms with van der Waals surface area (Å²) < 4.78 is 4.84. The van der Waals surface area contributed by atoms with Crippen molar-refractivity contribution in [3.05, 3.63) is 0 Å². The first-order valence-electron chi connectivity index (χ1n) is 3.18. The second-order valence-corrected chi connectivity index (χ2v) is 2.54. The van der Waals surface area contributed by atoms with Gasteiger partial charge in [-0.3, -0.25) is 0 Å². The Morgan fingerprint density at radius 3 is 2.22 bits per heavy atom. The van der Waals surface area contributed by atoms with Gasteiger partial charge in [0.2, 0.25) is 0 Å². The van der Waals surface area contributed by atoms with Crippen LogP contribution in [0.5, 0.6) is 0 Å². The van der Waals surface area contributed by atoms with E-state index in [1.165, 1.54) is 0 Å². The van der Waals surface area contributed by atoms with E-state index in [0.29, 0.717) is 5.92 Å². The number of hydrogen-bond acceptors (Lipinski definition) is 2. The van der Waals surface area contributed by atoms with Crippen LogP contribution >= 0.6 is 0 Å². The number of hydrogen-bond donors (Lipinski definition) is 0. The van der Waals surface area contributed by atoms with Crippen molar-refractivity contribution in [2.24, 2.45) is 5.92 Å². The number of ether oxygens (including phenoxy) is 1. The van der Waals surface area contributed by atoms with Gasteiger partial charge in [0.25, 0.3) is 0 Å². The highest BCUT2D eigenvalue weighted by Gasteiger charge is 2.06. The van der Waals surface area contributed by atoms with Crippen molar-refractivity contribution in [3.63, 3.8) is 0 Å². The number of carbonyl (C=O) groups is 1. The average Bonchev–Trinajstić information content (AvgIpc) is 1.82. The zero-order chi connectivity index (χ0) is 7.28. The molecule has 0 radical (unpaired) electrons. The van der Waals surface area contributed by atoms with Gasteiger partial charge in [-0.2, -0.15) is 0 Å². The molecule has 0 amide bonds. The predicted octanol–water partition coefficient (Wildman–Crippen LogP) is 1.25. The Balaban J connectivity index is 3.42. The van der Waals surface area contributed by atoms with E-state index in [1.807, 2.05) is 0 Å². The summed E-state index contributed by atoms with van der Waals surface area (Å²) in [5.74, 6) is 0.528. The summed E-state index contributed by atoms with van der Waals surface area (Å²) >= 11 is 0. The van der Waals surface area contributed by atoms with Gasteiger partial charge in [0.1, 0.15) is 12.4 Å². The number of rotatable bonds is 4. The van der Waals surface area contributed by atoms with Crippen LogP contribution in [0.3, 0.4) is 0 Å². The zero-order valence-electron chi connectivity index (χ0n) is 6.26. The Labute approximate surface area is 56.2 Å². The molecular weight excluding hydrogens is 116 g/mol. The first-order chi connectivity index (χ1) is 4.20. The van der Waals surface area contributed by atoms with Crippen molar-refractivity contribution in [2.75, 3.05) is 7.11 Å². The maximum Gasteiger partial charge on any atom is 0.148 e. The molecule has 0 heterocycles. The summed E-state index contributed by atoms with van der Waals surface area (Å²) in [5.41, 5.74) is 0. The molecule has 0 aromatic heterocycles. The van der Waals surface area contributed by atoms with Gasteiger partial charge in [-0.1, -0.05) is 13.8 Å². The number of carbonyl (C=O) groups excluding carboxylic acids is 1. The topological polar surface area (TPSA) is 26.3 Å². The lowest BCUT2D eigenvalue weighted by molar-refractivity contribution is -0.117. The van der Waals surface area contributed by atoms with Gasteiger partial charge >= 0.3 is 0 Å². The maximum atomic E-state index is 10.1. The zero-order valence-corrected chi connectivity index (χ0v) is 6.26. The average molecular weight is 130 g/mol. The van der Waals surface area contributed by atoms with Crippen molar-refractivity contribution < 1.29 is 9.53 Å². The molecule has 0 aliphatic heterocycles. The van der Waals surface area contributed by atoms with E-state index >= 15 is 0 Å². The minimum atomic E-state index is -0.204. The second kappa shape index (κ2) is 4.50. The van der Waals surface area contributed by atoms with Crippen molar-refractivity contribution in [2.45, 2.75) is 26.4 Å². The van der Waals surface area contributed by atoms with Crippen LogP contribution in [0.2, 0.25) is 0 Å². The van der Waals surface area contributed by atoms with Crippen LogP contribution in [0, 0.1) is 5.92 Å². The molecule has 0 saturated heterocycles. The van der Waals surface area contributed by atoms with E-state index in [4.69, 9.17) is 4.74 Å². The van der Waals surface area contributed by atoms with Crippen LogP contribution < -0.4 is 0 Å². The molecule has 0 saturated carbocycles. The van der Waals surface area contributed by atoms with E-state index in [-0.39, 0.29) is 6.10 Å². The lowest BCUT2D eigenvalue weighted by atomic mass is 10.1. The number of methoxy groups -OCH3 is 1. The fourth-order valence-electron chi connectivity index (χ4n) is 0.672. The Morgan fingerprint density at radius 1 is 1.56 bits per heavy atom. The van der Waals surface area contributed by atoms with Crippen LogP contribution in [-0.4, -0.2) is 19.5 Å². The van der Waals surface area contributed by atoms with Gasteiger partial charge in [0.05, 0.1) is 0 Å². The van der Waals surface area contributed by atoms with Crippen molar-refractivity contribution in [1.82, 2.24) is 0 Å². The molecule has 2 nitrogen and oxygen atoms in total. The van der Waals surface area contributed by atoms with Crippen molar-refractivity contribution in [3.8, 4) is 0 Å². The molecule has 0 fully saturated rings. The van der Waals surface area contributed by atoms with Gasteiger partial charge in [0, 0.05) is 7.11 Å². The summed E-state index contributed by atoms with van der Waals surface area (Å²) in [7, 11) is 1.56. The SMILES string of the molecule is COC(C=O)CC(C)C. The van der Waals surface area contributed by atoms with Crippen LogP contribution in [0.25, 0.3) is 0 Å². The summed E-state index contributed by atoms with van der Waals surface area (Å²) in [6.07, 6.45) is 1.46. The first-order valence-corrected chi connectivity index (χ1v) is 3.18. The normalized spacial score (nSPS) is 13.8. The van der Waals surface area contributed by atoms with Crippen molar-refractivity contribution in [1.29, 1.82) is 0 Å². The third-order valence-corrected chi connectivity index (χ3v) is 1.16. The third-order valence-electron chi connectivity index (χ3n) is 1.16. The highest BCUT2D eigenvalue weighted by Crippen LogP contribution is 2.04. The van der Waals surface area contributed by atoms with E-state index in [1.54, 1.807) is 7.11 Å². The largest absolute Gasteiger partial charge is 0.374 e. The summed E-state index contributed by atoms with van der Waals surface area (Å²) in [6.45, 7) is 4.13. The third kappa shape index (κ3) is 4.15. The molecule has 2 heteroatoms. The predicted molar refractivity (Wildman–Crippen MR) is 36.3 cm³/mol. The Hall–Kier alpha value is -0.370. The molecule has 1 atom stereocenters. The van der Waals surface area contributed by atoms with E-state index in [0.717, 1.165) is 12.7 Å². The van der Waals surface area contributed by atoms with Gasteiger partial charge in [-0.05, 0) is 12.3 Å². The molecule has 0 rings (SSSR count). The summed E-state index contributed by atoms with van der Waals surface area (Å²) in [4.78, 5) is 10.1. The molecule has 0 aromatic carbocycles. The Bertz CT molecular complexity index is 79.0. The highest BCUT2D eigenvalue weighted by molar-refractivity contribution is 5.55. The minimum Gasteiger partial charge on any atom is -0.374 e. The van der Waals surface area contributed by atoms with Crippen LogP contribution in [0.1, 0.15) is 20.3 Å². The molecule has 0 N–H and O–H groups in total. The van der Waals surface area contributed by atoms with E-state index < -0.39 is 0 Å². The lowest BCUT2D eigenvalue weighted by Gasteiger charge is -2.09. The summed E-state index contributed by atoms with van der Waals surface area (Å²) in [5, 5.41) is 0. The van der Waals surface area contributed by atoms with Crippen molar-refractivity contribution >= 4 is 6.29 Å². The second-order valence-electron chi connectivity index (χ2n) is 2.54. The van der Waals surface area contributed by atoms with Gasteiger partial charge in [0.15, 0.2) is 0 Å². The van der Waals surface area contributed by atoms with Gasteiger partial charge in [-0.25, -0.2) is 0 Å². The molecule has 0 aromatic rings. The highest BCUT2D eigenvalue weighted by atomic mass is 16.5. The summed E-state index contributed by atoms with van der Waals surface area (Å²) in [6, 6.07) is 0. The minimum absolute atomic E-state index is 0.204. The molecule has 0 aliphatic rings. The smallest absolute Gasteiger partial charge is 0.148 e. The molecule has 1 unspecified atom stereocenters. The molecule has 0 aliphatic carbocycles. The maximum absolute atomic E-state index is 10.1. The Kier molecular flexibility index (Phi) is 4.32. The first kappa shape index (κ1) is 8.63. The van der Waals surface area contributed by atoms with E-state index in [9.17, 15) is 4.79 Å². The molecular formula is C7H14O2. The number of aldehydes is 1. The molecule has 0 bridgehead atoms. The fourth-order valence-corrected chi connectivity index (χ4v) is 0.672. The van der Waals surface area contributed by atoms with E-state index in [2.05, 4.69) is 13.8 Å². The molecule has 0 spiro atoms.